The van der Waals surface area contributed by atoms with Crippen LogP contribution in [0.5, 0.6) is 0 Å². The number of rotatable bonds is 2. The lowest BCUT2D eigenvalue weighted by Crippen LogP contribution is -2.14. The van der Waals surface area contributed by atoms with Crippen molar-refractivity contribution in [3.63, 3.8) is 0 Å². The topological polar surface area (TPSA) is 18.5 Å². The Morgan fingerprint density at radius 2 is 2.08 bits per heavy atom. The van der Waals surface area contributed by atoms with E-state index in [1.807, 2.05) is 6.07 Å². The SMILES string of the molecule is CC(c1ccccc1)C1CCOO1. The third-order valence-electron chi connectivity index (χ3n) is 2.56. The molecule has 2 atom stereocenters. The standard InChI is InChI=1S/C11H14O2/c1-9(11-7-8-12-13-11)10-5-3-2-4-6-10/h2-6,9,11H,7-8H2,1H3. The second-order valence-corrected chi connectivity index (χ2v) is 3.44. The van der Waals surface area contributed by atoms with Crippen LogP contribution in [0.2, 0.25) is 0 Å². The highest BCUT2D eigenvalue weighted by Crippen LogP contribution is 2.26. The molecule has 0 spiro atoms. The highest BCUT2D eigenvalue weighted by atomic mass is 17.2. The number of hydrogen-bond donors (Lipinski definition) is 0. The molecule has 1 fully saturated rings. The Morgan fingerprint density at radius 3 is 2.69 bits per heavy atom. The highest BCUT2D eigenvalue weighted by Gasteiger charge is 2.24. The fourth-order valence-electron chi connectivity index (χ4n) is 1.65. The minimum Gasteiger partial charge on any atom is -0.236 e. The first-order chi connectivity index (χ1) is 6.38. The van der Waals surface area contributed by atoms with Crippen molar-refractivity contribution >= 4 is 0 Å². The second-order valence-electron chi connectivity index (χ2n) is 3.44. The third kappa shape index (κ3) is 1.90. The molecule has 0 saturated carbocycles. The largest absolute Gasteiger partial charge is 0.236 e. The molecule has 1 aliphatic heterocycles. The summed E-state index contributed by atoms with van der Waals surface area (Å²) in [6, 6.07) is 10.4. The summed E-state index contributed by atoms with van der Waals surface area (Å²) in [5.41, 5.74) is 1.32. The molecule has 0 N–H and O–H groups in total. The van der Waals surface area contributed by atoms with Crippen LogP contribution in [0, 0.1) is 0 Å². The highest BCUT2D eigenvalue weighted by molar-refractivity contribution is 5.19. The van der Waals surface area contributed by atoms with E-state index in [2.05, 4.69) is 31.2 Å². The van der Waals surface area contributed by atoms with E-state index in [1.54, 1.807) is 0 Å². The molecular formula is C11H14O2. The summed E-state index contributed by atoms with van der Waals surface area (Å²) in [4.78, 5) is 10.1. The molecule has 0 bridgehead atoms. The molecule has 2 nitrogen and oxygen atoms in total. The Labute approximate surface area is 78.4 Å². The predicted octanol–water partition coefficient (Wildman–Crippen LogP) is 2.51. The van der Waals surface area contributed by atoms with Gasteiger partial charge in [0.05, 0.1) is 6.61 Å². The van der Waals surface area contributed by atoms with Crippen LogP contribution >= 0.6 is 0 Å². The van der Waals surface area contributed by atoms with Crippen molar-refractivity contribution in [2.24, 2.45) is 0 Å². The van der Waals surface area contributed by atoms with Crippen LogP contribution in [0.1, 0.15) is 24.8 Å². The fourth-order valence-corrected chi connectivity index (χ4v) is 1.65. The van der Waals surface area contributed by atoms with Crippen molar-refractivity contribution in [3.05, 3.63) is 35.9 Å². The first-order valence-electron chi connectivity index (χ1n) is 4.71. The molecule has 0 aliphatic carbocycles. The van der Waals surface area contributed by atoms with E-state index in [4.69, 9.17) is 9.78 Å². The Bertz CT molecular complexity index is 252. The quantitative estimate of drug-likeness (QED) is 0.648. The van der Waals surface area contributed by atoms with Crippen LogP contribution in [0.4, 0.5) is 0 Å². The van der Waals surface area contributed by atoms with Crippen LogP contribution in [0.3, 0.4) is 0 Å². The van der Waals surface area contributed by atoms with Gasteiger partial charge >= 0.3 is 0 Å². The molecule has 1 aromatic rings. The molecular weight excluding hydrogens is 164 g/mol. The molecule has 0 amide bonds. The lowest BCUT2D eigenvalue weighted by molar-refractivity contribution is -0.277. The maximum Gasteiger partial charge on any atom is 0.102 e. The monoisotopic (exact) mass is 178 g/mol. The van der Waals surface area contributed by atoms with Crippen LogP contribution in [0.25, 0.3) is 0 Å². The molecule has 1 heterocycles. The molecule has 13 heavy (non-hydrogen) atoms. The van der Waals surface area contributed by atoms with E-state index in [0.717, 1.165) is 13.0 Å². The Hall–Kier alpha value is -0.860. The van der Waals surface area contributed by atoms with Gasteiger partial charge < -0.3 is 0 Å². The van der Waals surface area contributed by atoms with E-state index in [9.17, 15) is 0 Å². The van der Waals surface area contributed by atoms with E-state index >= 15 is 0 Å². The summed E-state index contributed by atoms with van der Waals surface area (Å²) in [5, 5.41) is 0. The summed E-state index contributed by atoms with van der Waals surface area (Å²) in [7, 11) is 0. The van der Waals surface area contributed by atoms with Crippen LogP contribution in [-0.4, -0.2) is 12.7 Å². The van der Waals surface area contributed by atoms with Crippen molar-refractivity contribution < 1.29 is 9.78 Å². The molecule has 2 unspecified atom stereocenters. The summed E-state index contributed by atoms with van der Waals surface area (Å²) < 4.78 is 0. The van der Waals surface area contributed by atoms with Crippen LogP contribution in [-0.2, 0) is 9.78 Å². The smallest absolute Gasteiger partial charge is 0.102 e. The number of hydrogen-bond acceptors (Lipinski definition) is 2. The Morgan fingerprint density at radius 1 is 1.31 bits per heavy atom. The predicted molar refractivity (Wildman–Crippen MR) is 50.3 cm³/mol. The molecule has 70 valence electrons. The number of benzene rings is 1. The van der Waals surface area contributed by atoms with Gasteiger partial charge in [0.2, 0.25) is 0 Å². The van der Waals surface area contributed by atoms with Gasteiger partial charge in [0.1, 0.15) is 6.10 Å². The van der Waals surface area contributed by atoms with Gasteiger partial charge in [0, 0.05) is 12.3 Å². The summed E-state index contributed by atoms with van der Waals surface area (Å²) in [6.07, 6.45) is 1.22. The first kappa shape index (κ1) is 8.73. The lowest BCUT2D eigenvalue weighted by atomic mass is 9.94. The minimum absolute atomic E-state index is 0.224. The van der Waals surface area contributed by atoms with Gasteiger partial charge in [0.15, 0.2) is 0 Å². The van der Waals surface area contributed by atoms with E-state index in [-0.39, 0.29) is 6.10 Å². The van der Waals surface area contributed by atoms with Gasteiger partial charge in [-0.1, -0.05) is 37.3 Å². The molecule has 0 aromatic heterocycles. The normalized spacial score (nSPS) is 24.5. The van der Waals surface area contributed by atoms with Gasteiger partial charge in [0.25, 0.3) is 0 Å². The van der Waals surface area contributed by atoms with Crippen LogP contribution < -0.4 is 0 Å². The zero-order valence-corrected chi connectivity index (χ0v) is 7.77. The van der Waals surface area contributed by atoms with Gasteiger partial charge in [-0.05, 0) is 5.56 Å². The molecule has 2 heteroatoms. The van der Waals surface area contributed by atoms with Crippen LogP contribution in [0.15, 0.2) is 30.3 Å². The van der Waals surface area contributed by atoms with E-state index < -0.39 is 0 Å². The van der Waals surface area contributed by atoms with Crippen molar-refractivity contribution in [1.29, 1.82) is 0 Å². The molecule has 1 aromatic carbocycles. The van der Waals surface area contributed by atoms with Crippen molar-refractivity contribution in [2.75, 3.05) is 6.61 Å². The Balaban J connectivity index is 2.08. The van der Waals surface area contributed by atoms with E-state index in [1.165, 1.54) is 5.56 Å². The van der Waals surface area contributed by atoms with Gasteiger partial charge in [-0.3, -0.25) is 0 Å². The molecule has 1 aliphatic rings. The third-order valence-corrected chi connectivity index (χ3v) is 2.56. The summed E-state index contributed by atoms with van der Waals surface area (Å²) in [6.45, 7) is 2.90. The second kappa shape index (κ2) is 3.90. The summed E-state index contributed by atoms with van der Waals surface area (Å²) in [5.74, 6) is 0.420. The molecule has 0 radical (unpaired) electrons. The maximum atomic E-state index is 5.17. The lowest BCUT2D eigenvalue weighted by Gasteiger charge is -2.16. The van der Waals surface area contributed by atoms with Gasteiger partial charge in [-0.2, -0.15) is 0 Å². The van der Waals surface area contributed by atoms with E-state index in [0.29, 0.717) is 5.92 Å². The maximum absolute atomic E-state index is 5.17. The zero-order chi connectivity index (χ0) is 9.10. The van der Waals surface area contributed by atoms with Gasteiger partial charge in [-0.15, -0.1) is 0 Å². The zero-order valence-electron chi connectivity index (χ0n) is 7.77. The molecule has 2 rings (SSSR count). The van der Waals surface area contributed by atoms with Crippen molar-refractivity contribution in [3.8, 4) is 0 Å². The summed E-state index contributed by atoms with van der Waals surface area (Å²) >= 11 is 0. The average Bonchev–Trinajstić information content (AvgIpc) is 2.71. The fraction of sp³-hybridized carbons (Fsp3) is 0.455. The van der Waals surface area contributed by atoms with Gasteiger partial charge in [-0.25, -0.2) is 9.78 Å². The average molecular weight is 178 g/mol. The van der Waals surface area contributed by atoms with Crippen molar-refractivity contribution in [1.82, 2.24) is 0 Å². The Kier molecular flexibility index (Phi) is 2.62. The first-order valence-corrected chi connectivity index (χ1v) is 4.71. The minimum atomic E-state index is 0.224. The molecule has 1 saturated heterocycles. The van der Waals surface area contributed by atoms with Crippen molar-refractivity contribution in [2.45, 2.75) is 25.4 Å².